The third kappa shape index (κ3) is 3.48. The molecule has 0 saturated carbocycles. The van der Waals surface area contributed by atoms with Crippen LogP contribution in [0.2, 0.25) is 0 Å². The van der Waals surface area contributed by atoms with Crippen molar-refractivity contribution in [2.24, 2.45) is 0 Å². The summed E-state index contributed by atoms with van der Waals surface area (Å²) in [6.07, 6.45) is 1.49. The van der Waals surface area contributed by atoms with Crippen LogP contribution in [0.25, 0.3) is 10.7 Å². The predicted molar refractivity (Wildman–Crippen MR) is 99.4 cm³/mol. The van der Waals surface area contributed by atoms with Crippen LogP contribution in [-0.4, -0.2) is 21.6 Å². The highest BCUT2D eigenvalue weighted by atomic mass is 32.1. The van der Waals surface area contributed by atoms with Crippen molar-refractivity contribution >= 4 is 22.9 Å². The molecule has 0 fully saturated rings. The zero-order valence-corrected chi connectivity index (χ0v) is 15.4. The number of carbonyl (C=O) groups is 1. The third-order valence-corrected chi connectivity index (χ3v) is 5.01. The SMILES string of the molecule is CC1(C)Cc2cccc(NC(=O)CCc3nc(-c4cccs4)no3)c2O1. The molecule has 0 aliphatic carbocycles. The molecule has 134 valence electrons. The van der Waals surface area contributed by atoms with E-state index in [1.165, 1.54) is 0 Å². The standard InChI is InChI=1S/C19H19N3O3S/c1-19(2)11-12-5-3-6-13(17(12)24-19)20-15(23)8-9-16-21-18(22-25-16)14-7-4-10-26-14/h3-7,10H,8-9,11H2,1-2H3,(H,20,23). The lowest BCUT2D eigenvalue weighted by Crippen LogP contribution is -2.25. The van der Waals surface area contributed by atoms with E-state index >= 15 is 0 Å². The zero-order chi connectivity index (χ0) is 18.1. The fourth-order valence-corrected chi connectivity index (χ4v) is 3.66. The maximum Gasteiger partial charge on any atom is 0.227 e. The van der Waals surface area contributed by atoms with E-state index in [9.17, 15) is 4.79 Å². The molecule has 1 N–H and O–H groups in total. The molecule has 0 saturated heterocycles. The van der Waals surface area contributed by atoms with Crippen LogP contribution in [0.15, 0.2) is 40.2 Å². The van der Waals surface area contributed by atoms with Crippen LogP contribution >= 0.6 is 11.3 Å². The Labute approximate surface area is 155 Å². The van der Waals surface area contributed by atoms with Crippen molar-refractivity contribution in [3.8, 4) is 16.5 Å². The number of rotatable bonds is 5. The maximum atomic E-state index is 12.3. The van der Waals surface area contributed by atoms with Crippen molar-refractivity contribution in [3.63, 3.8) is 0 Å². The molecule has 0 bridgehead atoms. The Morgan fingerprint density at radius 3 is 3.00 bits per heavy atom. The summed E-state index contributed by atoms with van der Waals surface area (Å²) in [5, 5.41) is 8.85. The van der Waals surface area contributed by atoms with Crippen molar-refractivity contribution in [3.05, 3.63) is 47.2 Å². The quantitative estimate of drug-likeness (QED) is 0.733. The van der Waals surface area contributed by atoms with E-state index in [1.807, 2.05) is 49.6 Å². The Bertz CT molecular complexity index is 931. The summed E-state index contributed by atoms with van der Waals surface area (Å²) in [6.45, 7) is 4.08. The van der Waals surface area contributed by atoms with Crippen molar-refractivity contribution in [1.82, 2.24) is 10.1 Å². The first-order chi connectivity index (χ1) is 12.5. The number of amides is 1. The van der Waals surface area contributed by atoms with Gasteiger partial charge in [0.1, 0.15) is 11.4 Å². The van der Waals surface area contributed by atoms with Gasteiger partial charge in [-0.2, -0.15) is 4.98 Å². The minimum Gasteiger partial charge on any atom is -0.485 e. The molecule has 0 atom stereocenters. The van der Waals surface area contributed by atoms with E-state index in [0.717, 1.165) is 22.6 Å². The van der Waals surface area contributed by atoms with Gasteiger partial charge in [-0.25, -0.2) is 0 Å². The number of anilines is 1. The minimum absolute atomic E-state index is 0.109. The van der Waals surface area contributed by atoms with Crippen LogP contribution < -0.4 is 10.1 Å². The molecular formula is C19H19N3O3S. The van der Waals surface area contributed by atoms with E-state index in [2.05, 4.69) is 15.5 Å². The van der Waals surface area contributed by atoms with E-state index in [0.29, 0.717) is 23.8 Å². The summed E-state index contributed by atoms with van der Waals surface area (Å²) in [7, 11) is 0. The van der Waals surface area contributed by atoms with Gasteiger partial charge >= 0.3 is 0 Å². The zero-order valence-electron chi connectivity index (χ0n) is 14.6. The highest BCUT2D eigenvalue weighted by molar-refractivity contribution is 7.13. The van der Waals surface area contributed by atoms with Gasteiger partial charge in [0.25, 0.3) is 0 Å². The molecule has 3 heterocycles. The number of carbonyl (C=O) groups excluding carboxylic acids is 1. The normalized spacial score (nSPS) is 14.7. The molecule has 0 radical (unpaired) electrons. The van der Waals surface area contributed by atoms with E-state index in [4.69, 9.17) is 9.26 Å². The van der Waals surface area contributed by atoms with Gasteiger partial charge < -0.3 is 14.6 Å². The van der Waals surface area contributed by atoms with Gasteiger partial charge in [-0.15, -0.1) is 11.3 Å². The Balaban J connectivity index is 1.38. The lowest BCUT2D eigenvalue weighted by molar-refractivity contribution is -0.116. The van der Waals surface area contributed by atoms with Gasteiger partial charge in [0.2, 0.25) is 17.6 Å². The average Bonchev–Trinajstić information content (AvgIpc) is 3.31. The summed E-state index contributed by atoms with van der Waals surface area (Å²) in [4.78, 5) is 17.6. The number of ether oxygens (including phenoxy) is 1. The van der Waals surface area contributed by atoms with Crippen molar-refractivity contribution < 1.29 is 14.1 Å². The third-order valence-electron chi connectivity index (χ3n) is 4.14. The number of para-hydroxylation sites is 1. The lowest BCUT2D eigenvalue weighted by Gasteiger charge is -2.18. The molecular weight excluding hydrogens is 350 g/mol. The second-order valence-electron chi connectivity index (χ2n) is 6.87. The number of thiophene rings is 1. The van der Waals surface area contributed by atoms with Crippen LogP contribution in [0.3, 0.4) is 0 Å². The van der Waals surface area contributed by atoms with Crippen LogP contribution in [0.1, 0.15) is 31.7 Å². The van der Waals surface area contributed by atoms with Crippen molar-refractivity contribution in [1.29, 1.82) is 0 Å². The smallest absolute Gasteiger partial charge is 0.227 e. The summed E-state index contributed by atoms with van der Waals surface area (Å²) >= 11 is 1.55. The van der Waals surface area contributed by atoms with Gasteiger partial charge in [-0.1, -0.05) is 23.4 Å². The summed E-state index contributed by atoms with van der Waals surface area (Å²) in [5.41, 5.74) is 1.58. The van der Waals surface area contributed by atoms with Gasteiger partial charge in [-0.05, 0) is 31.4 Å². The Kier molecular flexibility index (Phi) is 4.24. The largest absolute Gasteiger partial charge is 0.485 e. The molecule has 0 spiro atoms. The first kappa shape index (κ1) is 16.8. The predicted octanol–water partition coefficient (Wildman–Crippen LogP) is 4.08. The number of aromatic nitrogens is 2. The molecule has 26 heavy (non-hydrogen) atoms. The van der Waals surface area contributed by atoms with Crippen LogP contribution in [-0.2, 0) is 17.6 Å². The number of hydrogen-bond donors (Lipinski definition) is 1. The first-order valence-electron chi connectivity index (χ1n) is 8.47. The molecule has 6 nitrogen and oxygen atoms in total. The van der Waals surface area contributed by atoms with E-state index < -0.39 is 0 Å². The van der Waals surface area contributed by atoms with Crippen LogP contribution in [0.5, 0.6) is 5.75 Å². The van der Waals surface area contributed by atoms with Gasteiger partial charge in [-0.3, -0.25) is 4.79 Å². The molecule has 1 aliphatic heterocycles. The number of aryl methyl sites for hydroxylation is 1. The molecule has 1 amide bonds. The first-order valence-corrected chi connectivity index (χ1v) is 9.35. The Morgan fingerprint density at radius 1 is 1.31 bits per heavy atom. The van der Waals surface area contributed by atoms with Gasteiger partial charge in [0.05, 0.1) is 10.6 Å². The molecule has 2 aromatic heterocycles. The molecule has 3 aromatic rings. The molecule has 1 aliphatic rings. The van der Waals surface area contributed by atoms with Gasteiger partial charge in [0.15, 0.2) is 0 Å². The monoisotopic (exact) mass is 369 g/mol. The number of nitrogens with one attached hydrogen (secondary N) is 1. The molecule has 7 heteroatoms. The summed E-state index contributed by atoms with van der Waals surface area (Å²) in [6, 6.07) is 9.70. The fourth-order valence-electron chi connectivity index (χ4n) is 3.01. The number of nitrogens with zero attached hydrogens (tertiary/aromatic N) is 2. The highest BCUT2D eigenvalue weighted by Gasteiger charge is 2.31. The van der Waals surface area contributed by atoms with Crippen molar-refractivity contribution in [2.75, 3.05) is 5.32 Å². The fraction of sp³-hybridized carbons (Fsp3) is 0.316. The lowest BCUT2D eigenvalue weighted by atomic mass is 10.0. The van der Waals surface area contributed by atoms with Crippen LogP contribution in [0, 0.1) is 0 Å². The van der Waals surface area contributed by atoms with Crippen LogP contribution in [0.4, 0.5) is 5.69 Å². The Morgan fingerprint density at radius 2 is 2.19 bits per heavy atom. The average molecular weight is 369 g/mol. The van der Waals surface area contributed by atoms with E-state index in [1.54, 1.807) is 11.3 Å². The minimum atomic E-state index is -0.245. The molecule has 0 unspecified atom stereocenters. The molecule has 4 rings (SSSR count). The summed E-state index contributed by atoms with van der Waals surface area (Å²) in [5.74, 6) is 1.68. The van der Waals surface area contributed by atoms with Crippen molar-refractivity contribution in [2.45, 2.75) is 38.7 Å². The number of fused-ring (bicyclic) bond motifs is 1. The second-order valence-corrected chi connectivity index (χ2v) is 7.82. The summed E-state index contributed by atoms with van der Waals surface area (Å²) < 4.78 is 11.2. The number of hydrogen-bond acceptors (Lipinski definition) is 6. The topological polar surface area (TPSA) is 77.3 Å². The number of benzene rings is 1. The van der Waals surface area contributed by atoms with E-state index in [-0.39, 0.29) is 17.9 Å². The Hall–Kier alpha value is -2.67. The van der Waals surface area contributed by atoms with Gasteiger partial charge in [0, 0.05) is 24.8 Å². The molecule has 1 aromatic carbocycles. The second kappa shape index (κ2) is 6.57. The highest BCUT2D eigenvalue weighted by Crippen LogP contribution is 2.40. The maximum absolute atomic E-state index is 12.3.